The van der Waals surface area contributed by atoms with Gasteiger partial charge in [-0.1, -0.05) is 6.42 Å². The van der Waals surface area contributed by atoms with Crippen molar-refractivity contribution in [2.24, 2.45) is 0 Å². The van der Waals surface area contributed by atoms with Crippen molar-refractivity contribution in [3.63, 3.8) is 0 Å². The minimum absolute atomic E-state index is 0.0315. The Balaban J connectivity index is 1.80. The standard InChI is InChI=1S/C18H24N2O5S/c1-13-5-2-3-12-20(13)26(24,25)15-9-7-14(8-10-15)17(21)19-11-4-6-16(19)18(22)23/h7-10,13,16H,2-6,11-12H2,1H3,(H,22,23)/t13?,16-/m0/s1. The number of carboxylic acid groups (broad SMARTS) is 1. The lowest BCUT2D eigenvalue weighted by Crippen LogP contribution is -2.42. The number of carboxylic acids is 1. The molecule has 0 saturated carbocycles. The van der Waals surface area contributed by atoms with Crippen LogP contribution in [0.5, 0.6) is 0 Å². The summed E-state index contributed by atoms with van der Waals surface area (Å²) in [6.45, 7) is 2.83. The lowest BCUT2D eigenvalue weighted by molar-refractivity contribution is -0.141. The summed E-state index contributed by atoms with van der Waals surface area (Å²) < 4.78 is 27.2. The van der Waals surface area contributed by atoms with Gasteiger partial charge in [0, 0.05) is 24.7 Å². The average Bonchev–Trinajstić information content (AvgIpc) is 3.11. The Morgan fingerprint density at radius 3 is 2.35 bits per heavy atom. The molecular weight excluding hydrogens is 356 g/mol. The Kier molecular flexibility index (Phi) is 5.34. The van der Waals surface area contributed by atoms with Crippen molar-refractivity contribution in [2.75, 3.05) is 13.1 Å². The van der Waals surface area contributed by atoms with Crippen molar-refractivity contribution in [3.05, 3.63) is 29.8 Å². The van der Waals surface area contributed by atoms with Gasteiger partial charge in [-0.3, -0.25) is 4.79 Å². The van der Waals surface area contributed by atoms with E-state index in [2.05, 4.69) is 0 Å². The third-order valence-electron chi connectivity index (χ3n) is 5.25. The van der Waals surface area contributed by atoms with E-state index >= 15 is 0 Å². The normalized spacial score (nSPS) is 24.6. The molecule has 1 N–H and O–H groups in total. The SMILES string of the molecule is CC1CCCCN1S(=O)(=O)c1ccc(C(=O)N2CCC[C@H]2C(=O)O)cc1. The zero-order valence-electron chi connectivity index (χ0n) is 14.8. The zero-order chi connectivity index (χ0) is 18.9. The monoisotopic (exact) mass is 380 g/mol. The summed E-state index contributed by atoms with van der Waals surface area (Å²) in [7, 11) is -3.58. The second kappa shape index (κ2) is 7.36. The summed E-state index contributed by atoms with van der Waals surface area (Å²) in [6.07, 6.45) is 3.83. The van der Waals surface area contributed by atoms with Gasteiger partial charge in [0.05, 0.1) is 4.90 Å². The van der Waals surface area contributed by atoms with Gasteiger partial charge in [-0.05, 0) is 56.9 Å². The highest BCUT2D eigenvalue weighted by Crippen LogP contribution is 2.26. The maximum Gasteiger partial charge on any atom is 0.326 e. The molecule has 0 aromatic heterocycles. The topological polar surface area (TPSA) is 95.0 Å². The summed E-state index contributed by atoms with van der Waals surface area (Å²) in [6, 6.07) is 4.99. The molecule has 2 saturated heterocycles. The van der Waals surface area contributed by atoms with Gasteiger partial charge in [0.15, 0.2) is 0 Å². The van der Waals surface area contributed by atoms with Crippen LogP contribution in [-0.4, -0.2) is 59.8 Å². The Morgan fingerprint density at radius 1 is 1.04 bits per heavy atom. The summed E-state index contributed by atoms with van der Waals surface area (Å²) in [4.78, 5) is 25.4. The smallest absolute Gasteiger partial charge is 0.326 e. The van der Waals surface area contributed by atoms with Crippen LogP contribution in [0.15, 0.2) is 29.2 Å². The van der Waals surface area contributed by atoms with E-state index in [0.717, 1.165) is 19.3 Å². The van der Waals surface area contributed by atoms with Crippen LogP contribution in [-0.2, 0) is 14.8 Å². The number of carbonyl (C=O) groups is 2. The van der Waals surface area contributed by atoms with E-state index in [1.807, 2.05) is 6.92 Å². The fourth-order valence-electron chi connectivity index (χ4n) is 3.77. The highest BCUT2D eigenvalue weighted by atomic mass is 32.2. The van der Waals surface area contributed by atoms with Gasteiger partial charge in [0.1, 0.15) is 6.04 Å². The van der Waals surface area contributed by atoms with Crippen molar-refractivity contribution >= 4 is 21.9 Å². The number of piperidine rings is 1. The Morgan fingerprint density at radius 2 is 1.73 bits per heavy atom. The van der Waals surface area contributed by atoms with Crippen LogP contribution in [0.25, 0.3) is 0 Å². The van der Waals surface area contributed by atoms with E-state index < -0.39 is 22.0 Å². The van der Waals surface area contributed by atoms with E-state index in [-0.39, 0.29) is 16.8 Å². The Hall–Kier alpha value is -1.93. The van der Waals surface area contributed by atoms with Crippen molar-refractivity contribution in [1.29, 1.82) is 0 Å². The van der Waals surface area contributed by atoms with E-state index in [1.165, 1.54) is 33.5 Å². The molecule has 2 fully saturated rings. The first kappa shape index (κ1) is 18.8. The fraction of sp³-hybridized carbons (Fsp3) is 0.556. The molecule has 0 spiro atoms. The third kappa shape index (κ3) is 3.48. The predicted molar refractivity (Wildman–Crippen MR) is 95.3 cm³/mol. The molecule has 2 atom stereocenters. The van der Waals surface area contributed by atoms with Gasteiger partial charge in [0.25, 0.3) is 5.91 Å². The Bertz CT molecular complexity index is 790. The number of nitrogens with zero attached hydrogens (tertiary/aromatic N) is 2. The quantitative estimate of drug-likeness (QED) is 0.861. The zero-order valence-corrected chi connectivity index (χ0v) is 15.6. The number of benzene rings is 1. The van der Waals surface area contributed by atoms with Crippen LogP contribution in [0.4, 0.5) is 0 Å². The first-order chi connectivity index (χ1) is 12.3. The van der Waals surface area contributed by atoms with Crippen LogP contribution < -0.4 is 0 Å². The van der Waals surface area contributed by atoms with Gasteiger partial charge >= 0.3 is 5.97 Å². The molecule has 26 heavy (non-hydrogen) atoms. The van der Waals surface area contributed by atoms with Gasteiger partial charge in [0.2, 0.25) is 10.0 Å². The van der Waals surface area contributed by atoms with E-state index in [0.29, 0.717) is 31.5 Å². The van der Waals surface area contributed by atoms with E-state index in [4.69, 9.17) is 0 Å². The molecule has 7 nitrogen and oxygen atoms in total. The summed E-state index contributed by atoms with van der Waals surface area (Å²) >= 11 is 0. The van der Waals surface area contributed by atoms with Crippen LogP contribution in [0.2, 0.25) is 0 Å². The van der Waals surface area contributed by atoms with Crippen LogP contribution in [0, 0.1) is 0 Å². The predicted octanol–water partition coefficient (Wildman–Crippen LogP) is 1.94. The average molecular weight is 380 g/mol. The molecular formula is C18H24N2O5S. The third-order valence-corrected chi connectivity index (χ3v) is 7.28. The lowest BCUT2D eigenvalue weighted by atomic mass is 10.1. The molecule has 0 aliphatic carbocycles. The fourth-order valence-corrected chi connectivity index (χ4v) is 5.47. The molecule has 2 heterocycles. The van der Waals surface area contributed by atoms with E-state index in [1.54, 1.807) is 0 Å². The molecule has 8 heteroatoms. The molecule has 0 radical (unpaired) electrons. The molecule has 1 aromatic carbocycles. The molecule has 1 aromatic rings. The van der Waals surface area contributed by atoms with Crippen molar-refractivity contribution in [2.45, 2.75) is 56.0 Å². The van der Waals surface area contributed by atoms with Crippen molar-refractivity contribution in [3.8, 4) is 0 Å². The van der Waals surface area contributed by atoms with Gasteiger partial charge in [-0.15, -0.1) is 0 Å². The molecule has 0 bridgehead atoms. The summed E-state index contributed by atoms with van der Waals surface area (Å²) in [5.41, 5.74) is 0.309. The number of amides is 1. The molecule has 2 aliphatic rings. The number of hydrogen-bond donors (Lipinski definition) is 1. The number of aliphatic carboxylic acids is 1. The highest BCUT2D eigenvalue weighted by Gasteiger charge is 2.35. The second-order valence-corrected chi connectivity index (χ2v) is 8.87. The maximum absolute atomic E-state index is 12.8. The molecule has 1 amide bonds. The van der Waals surface area contributed by atoms with E-state index in [9.17, 15) is 23.1 Å². The molecule has 2 aliphatic heterocycles. The number of rotatable bonds is 4. The number of hydrogen-bond acceptors (Lipinski definition) is 4. The van der Waals surface area contributed by atoms with Crippen molar-refractivity contribution < 1.29 is 23.1 Å². The van der Waals surface area contributed by atoms with Crippen LogP contribution in [0.1, 0.15) is 49.4 Å². The largest absolute Gasteiger partial charge is 0.480 e. The number of likely N-dealkylation sites (tertiary alicyclic amines) is 1. The number of sulfonamides is 1. The lowest BCUT2D eigenvalue weighted by Gasteiger charge is -2.32. The van der Waals surface area contributed by atoms with Crippen LogP contribution in [0.3, 0.4) is 0 Å². The summed E-state index contributed by atoms with van der Waals surface area (Å²) in [5, 5.41) is 9.22. The first-order valence-electron chi connectivity index (χ1n) is 8.98. The van der Waals surface area contributed by atoms with Gasteiger partial charge in [-0.2, -0.15) is 4.31 Å². The maximum atomic E-state index is 12.8. The molecule has 142 valence electrons. The molecule has 1 unspecified atom stereocenters. The minimum Gasteiger partial charge on any atom is -0.480 e. The highest BCUT2D eigenvalue weighted by molar-refractivity contribution is 7.89. The first-order valence-corrected chi connectivity index (χ1v) is 10.4. The summed E-state index contributed by atoms with van der Waals surface area (Å²) in [5.74, 6) is -1.38. The van der Waals surface area contributed by atoms with Crippen LogP contribution >= 0.6 is 0 Å². The van der Waals surface area contributed by atoms with Gasteiger partial charge < -0.3 is 10.0 Å². The molecule has 3 rings (SSSR count). The Labute approximate surface area is 153 Å². The van der Waals surface area contributed by atoms with Gasteiger partial charge in [-0.25, -0.2) is 13.2 Å². The second-order valence-electron chi connectivity index (χ2n) is 6.98. The number of carbonyl (C=O) groups excluding carboxylic acids is 1. The minimum atomic E-state index is -3.58. The van der Waals surface area contributed by atoms with Crippen molar-refractivity contribution in [1.82, 2.24) is 9.21 Å².